The number of hydrogen-bond acceptors (Lipinski definition) is 5. The quantitative estimate of drug-likeness (QED) is 0.792. The zero-order valence-electron chi connectivity index (χ0n) is 14.8. The summed E-state index contributed by atoms with van der Waals surface area (Å²) < 4.78 is 11.1. The fourth-order valence-corrected chi connectivity index (χ4v) is 3.18. The summed E-state index contributed by atoms with van der Waals surface area (Å²) in [6.07, 6.45) is 0. The predicted molar refractivity (Wildman–Crippen MR) is 93.8 cm³/mol. The van der Waals surface area contributed by atoms with Crippen LogP contribution in [0.15, 0.2) is 24.3 Å². The molecular weight excluding hydrogens is 322 g/mol. The Morgan fingerprint density at radius 2 is 2.00 bits per heavy atom. The smallest absolute Gasteiger partial charge is 0.280 e. The van der Waals surface area contributed by atoms with Crippen molar-refractivity contribution >= 4 is 17.5 Å². The van der Waals surface area contributed by atoms with Crippen molar-refractivity contribution in [2.75, 3.05) is 50.8 Å². The van der Waals surface area contributed by atoms with Gasteiger partial charge in [0.15, 0.2) is 0 Å². The lowest BCUT2D eigenvalue weighted by Gasteiger charge is -2.39. The molecule has 1 N–H and O–H groups in total. The van der Waals surface area contributed by atoms with Crippen LogP contribution in [0.5, 0.6) is 5.75 Å². The number of carbonyl (C=O) groups excluding carboxylic acids is 2. The molecule has 2 aliphatic heterocycles. The predicted octanol–water partition coefficient (Wildman–Crippen LogP) is 0.639. The van der Waals surface area contributed by atoms with Crippen molar-refractivity contribution in [1.29, 1.82) is 0 Å². The van der Waals surface area contributed by atoms with Gasteiger partial charge in [0, 0.05) is 32.7 Å². The van der Waals surface area contributed by atoms with E-state index in [2.05, 4.69) is 10.2 Å². The number of carbonyl (C=O) groups is 2. The summed E-state index contributed by atoms with van der Waals surface area (Å²) in [6, 6.07) is 7.29. The van der Waals surface area contributed by atoms with Gasteiger partial charge < -0.3 is 19.7 Å². The van der Waals surface area contributed by atoms with E-state index in [0.717, 1.165) is 32.8 Å². The minimum absolute atomic E-state index is 0.336. The van der Waals surface area contributed by atoms with Crippen LogP contribution in [0.4, 0.5) is 5.69 Å². The first-order valence-corrected chi connectivity index (χ1v) is 8.74. The SMILES string of the molecule is CCN1C(=O)C(C)(C(=O)NCCN2CCOCC2)Oc2ccccc21. The molecule has 0 saturated carbocycles. The molecule has 2 heterocycles. The van der Waals surface area contributed by atoms with Gasteiger partial charge in [-0.3, -0.25) is 14.5 Å². The lowest BCUT2D eigenvalue weighted by atomic mass is 10.00. The van der Waals surface area contributed by atoms with Crippen molar-refractivity contribution in [1.82, 2.24) is 10.2 Å². The second kappa shape index (κ2) is 7.41. The lowest BCUT2D eigenvalue weighted by molar-refractivity contribution is -0.148. The molecule has 25 heavy (non-hydrogen) atoms. The number of amides is 2. The fourth-order valence-electron chi connectivity index (χ4n) is 3.18. The van der Waals surface area contributed by atoms with E-state index < -0.39 is 11.5 Å². The Morgan fingerprint density at radius 3 is 2.72 bits per heavy atom. The van der Waals surface area contributed by atoms with Crippen molar-refractivity contribution in [2.45, 2.75) is 19.4 Å². The topological polar surface area (TPSA) is 71.1 Å². The van der Waals surface area contributed by atoms with E-state index >= 15 is 0 Å². The molecule has 1 saturated heterocycles. The number of ether oxygens (including phenoxy) is 2. The van der Waals surface area contributed by atoms with Crippen LogP contribution in [-0.2, 0) is 14.3 Å². The Labute approximate surface area is 147 Å². The normalized spacial score (nSPS) is 23.8. The molecule has 2 aliphatic rings. The first-order valence-electron chi connectivity index (χ1n) is 8.74. The summed E-state index contributed by atoms with van der Waals surface area (Å²) in [5.41, 5.74) is -0.844. The average Bonchev–Trinajstić information content (AvgIpc) is 2.63. The van der Waals surface area contributed by atoms with Crippen LogP contribution in [0.1, 0.15) is 13.8 Å². The summed E-state index contributed by atoms with van der Waals surface area (Å²) in [7, 11) is 0. The van der Waals surface area contributed by atoms with E-state index in [9.17, 15) is 9.59 Å². The number of benzene rings is 1. The summed E-state index contributed by atoms with van der Waals surface area (Å²) in [5, 5.41) is 2.85. The first-order chi connectivity index (χ1) is 12.1. The van der Waals surface area contributed by atoms with Crippen molar-refractivity contribution in [3.8, 4) is 5.75 Å². The molecule has 1 aromatic rings. The standard InChI is InChI=1S/C18H25N3O4/c1-3-21-14-6-4-5-7-15(14)25-18(2,17(21)23)16(22)19-8-9-20-10-12-24-13-11-20/h4-7H,3,8-13H2,1-2H3,(H,19,22). The van der Waals surface area contributed by atoms with Gasteiger partial charge in [0.2, 0.25) is 0 Å². The van der Waals surface area contributed by atoms with Crippen LogP contribution in [-0.4, -0.2) is 68.3 Å². The summed E-state index contributed by atoms with van der Waals surface area (Å²) in [6.45, 7) is 8.26. The van der Waals surface area contributed by atoms with Crippen LogP contribution in [0.3, 0.4) is 0 Å². The molecule has 0 bridgehead atoms. The number of para-hydroxylation sites is 2. The van der Waals surface area contributed by atoms with Gasteiger partial charge in [-0.15, -0.1) is 0 Å². The van der Waals surface area contributed by atoms with E-state index in [1.807, 2.05) is 25.1 Å². The Balaban J connectivity index is 1.67. The van der Waals surface area contributed by atoms with Gasteiger partial charge in [-0.1, -0.05) is 12.1 Å². The van der Waals surface area contributed by atoms with E-state index in [0.29, 0.717) is 24.5 Å². The van der Waals surface area contributed by atoms with Gasteiger partial charge in [0.1, 0.15) is 5.75 Å². The Bertz CT molecular complexity index is 645. The van der Waals surface area contributed by atoms with Crippen molar-refractivity contribution in [2.24, 2.45) is 0 Å². The molecule has 1 unspecified atom stereocenters. The summed E-state index contributed by atoms with van der Waals surface area (Å²) >= 11 is 0. The van der Waals surface area contributed by atoms with Crippen LogP contribution in [0.25, 0.3) is 0 Å². The van der Waals surface area contributed by atoms with E-state index in [1.165, 1.54) is 6.92 Å². The van der Waals surface area contributed by atoms with Crippen LogP contribution in [0, 0.1) is 0 Å². The number of nitrogens with one attached hydrogen (secondary N) is 1. The summed E-state index contributed by atoms with van der Waals surface area (Å²) in [5.74, 6) is -0.189. The maximum atomic E-state index is 12.9. The van der Waals surface area contributed by atoms with E-state index in [-0.39, 0.29) is 5.91 Å². The zero-order chi connectivity index (χ0) is 17.9. The highest BCUT2D eigenvalue weighted by atomic mass is 16.5. The number of likely N-dealkylation sites (N-methyl/N-ethyl adjacent to an activating group) is 1. The van der Waals surface area contributed by atoms with Crippen molar-refractivity contribution in [3.05, 3.63) is 24.3 Å². The lowest BCUT2D eigenvalue weighted by Crippen LogP contribution is -2.62. The van der Waals surface area contributed by atoms with Gasteiger partial charge >= 0.3 is 0 Å². The zero-order valence-corrected chi connectivity index (χ0v) is 14.8. The van der Waals surface area contributed by atoms with E-state index in [1.54, 1.807) is 11.0 Å². The highest BCUT2D eigenvalue weighted by Crippen LogP contribution is 2.37. The molecule has 0 spiro atoms. The van der Waals surface area contributed by atoms with Gasteiger partial charge in [-0.05, 0) is 26.0 Å². The number of anilines is 1. The first kappa shape index (κ1) is 17.7. The monoisotopic (exact) mass is 347 g/mol. The number of hydrogen-bond donors (Lipinski definition) is 1. The number of morpholine rings is 1. The Kier molecular flexibility index (Phi) is 5.24. The highest BCUT2D eigenvalue weighted by Gasteiger charge is 2.50. The third kappa shape index (κ3) is 3.48. The van der Waals surface area contributed by atoms with Gasteiger partial charge in [-0.2, -0.15) is 0 Å². The largest absolute Gasteiger partial charge is 0.466 e. The van der Waals surface area contributed by atoms with Crippen LogP contribution >= 0.6 is 0 Å². The van der Waals surface area contributed by atoms with Crippen molar-refractivity contribution < 1.29 is 19.1 Å². The molecule has 0 aromatic heterocycles. The van der Waals surface area contributed by atoms with Gasteiger partial charge in [0.05, 0.1) is 18.9 Å². The van der Waals surface area contributed by atoms with Crippen LogP contribution < -0.4 is 15.0 Å². The molecule has 1 fully saturated rings. The molecule has 1 aromatic carbocycles. The molecular formula is C18H25N3O4. The molecule has 3 rings (SSSR count). The Hall–Kier alpha value is -2.12. The van der Waals surface area contributed by atoms with E-state index in [4.69, 9.17) is 9.47 Å². The number of rotatable bonds is 5. The molecule has 0 radical (unpaired) electrons. The fraction of sp³-hybridized carbons (Fsp3) is 0.556. The minimum atomic E-state index is -1.55. The summed E-state index contributed by atoms with van der Waals surface area (Å²) in [4.78, 5) is 29.4. The number of fused-ring (bicyclic) bond motifs is 1. The average molecular weight is 347 g/mol. The van der Waals surface area contributed by atoms with Crippen LogP contribution in [0.2, 0.25) is 0 Å². The molecule has 136 valence electrons. The second-order valence-corrected chi connectivity index (χ2v) is 6.36. The highest BCUT2D eigenvalue weighted by molar-refractivity contribution is 6.16. The van der Waals surface area contributed by atoms with Crippen molar-refractivity contribution in [3.63, 3.8) is 0 Å². The maximum absolute atomic E-state index is 12.9. The third-order valence-electron chi connectivity index (χ3n) is 4.69. The molecule has 7 nitrogen and oxygen atoms in total. The molecule has 0 aliphatic carbocycles. The third-order valence-corrected chi connectivity index (χ3v) is 4.69. The maximum Gasteiger partial charge on any atom is 0.280 e. The number of nitrogens with zero attached hydrogens (tertiary/aromatic N) is 2. The molecule has 7 heteroatoms. The Morgan fingerprint density at radius 1 is 1.28 bits per heavy atom. The second-order valence-electron chi connectivity index (χ2n) is 6.36. The molecule has 1 atom stereocenters. The minimum Gasteiger partial charge on any atom is -0.466 e. The molecule has 2 amide bonds. The van der Waals surface area contributed by atoms with Gasteiger partial charge in [-0.25, -0.2) is 0 Å². The van der Waals surface area contributed by atoms with Gasteiger partial charge in [0.25, 0.3) is 17.4 Å².